The van der Waals surface area contributed by atoms with Gasteiger partial charge in [-0.1, -0.05) is 24.6 Å². The molecule has 0 spiro atoms. The van der Waals surface area contributed by atoms with E-state index < -0.39 is 5.91 Å². The maximum atomic E-state index is 12.5. The summed E-state index contributed by atoms with van der Waals surface area (Å²) in [6, 6.07) is 8.28. The zero-order valence-corrected chi connectivity index (χ0v) is 14.1. The van der Waals surface area contributed by atoms with Crippen LogP contribution in [-0.2, 0) is 6.42 Å². The van der Waals surface area contributed by atoms with Crippen LogP contribution in [0.2, 0.25) is 5.15 Å². The van der Waals surface area contributed by atoms with Gasteiger partial charge in [-0.25, -0.2) is 19.9 Å². The van der Waals surface area contributed by atoms with Crippen molar-refractivity contribution in [2.45, 2.75) is 13.3 Å². The minimum Gasteiger partial charge on any atom is -0.454 e. The summed E-state index contributed by atoms with van der Waals surface area (Å²) in [4.78, 5) is 28.6. The van der Waals surface area contributed by atoms with Crippen LogP contribution in [0.1, 0.15) is 23.1 Å². The van der Waals surface area contributed by atoms with Gasteiger partial charge in [0.25, 0.3) is 5.91 Å². The van der Waals surface area contributed by atoms with E-state index in [0.717, 1.165) is 5.69 Å². The number of nitrogens with one attached hydrogen (secondary N) is 1. The Morgan fingerprint density at radius 1 is 1.16 bits per heavy atom. The molecule has 0 radical (unpaired) electrons. The molecule has 0 aliphatic carbocycles. The number of ether oxygens (including phenoxy) is 1. The molecule has 3 heterocycles. The minimum atomic E-state index is -0.403. The summed E-state index contributed by atoms with van der Waals surface area (Å²) in [5.41, 5.74) is 0.937. The van der Waals surface area contributed by atoms with E-state index in [0.29, 0.717) is 28.9 Å². The second-order valence-corrected chi connectivity index (χ2v) is 5.40. The molecular weight excluding hydrogens is 342 g/mol. The van der Waals surface area contributed by atoms with E-state index in [9.17, 15) is 4.79 Å². The first kappa shape index (κ1) is 16.8. The average molecular weight is 356 g/mol. The lowest BCUT2D eigenvalue weighted by atomic mass is 10.2. The van der Waals surface area contributed by atoms with Gasteiger partial charge >= 0.3 is 0 Å². The molecule has 0 atom stereocenters. The van der Waals surface area contributed by atoms with Crippen LogP contribution < -0.4 is 10.1 Å². The number of aryl methyl sites for hydroxylation is 1. The Labute approximate surface area is 149 Å². The summed E-state index contributed by atoms with van der Waals surface area (Å²) >= 11 is 5.83. The van der Waals surface area contributed by atoms with Crippen molar-refractivity contribution < 1.29 is 9.53 Å². The Balaban J connectivity index is 1.85. The van der Waals surface area contributed by atoms with Crippen LogP contribution in [0.4, 0.5) is 5.82 Å². The van der Waals surface area contributed by atoms with Gasteiger partial charge in [-0.3, -0.25) is 4.79 Å². The maximum Gasteiger partial charge on any atom is 0.275 e. The number of anilines is 1. The van der Waals surface area contributed by atoms with E-state index in [-0.39, 0.29) is 5.69 Å². The molecule has 0 fully saturated rings. The summed E-state index contributed by atoms with van der Waals surface area (Å²) in [6.45, 7) is 1.94. The van der Waals surface area contributed by atoms with Crippen LogP contribution in [-0.4, -0.2) is 25.8 Å². The van der Waals surface area contributed by atoms with Crippen molar-refractivity contribution in [3.63, 3.8) is 0 Å². The molecule has 3 aromatic rings. The Hall–Kier alpha value is -3.06. The smallest absolute Gasteiger partial charge is 0.275 e. The number of pyridine rings is 2. The highest BCUT2D eigenvalue weighted by molar-refractivity contribution is 6.29. The second-order valence-electron chi connectivity index (χ2n) is 5.01. The first-order valence-corrected chi connectivity index (χ1v) is 7.89. The molecular formula is C17H14ClN5O2. The highest BCUT2D eigenvalue weighted by atomic mass is 35.5. The molecule has 0 saturated carbocycles. The molecule has 1 N–H and O–H groups in total. The third-order valence-corrected chi connectivity index (χ3v) is 3.39. The Morgan fingerprint density at radius 2 is 1.96 bits per heavy atom. The zero-order chi connectivity index (χ0) is 17.6. The lowest BCUT2D eigenvalue weighted by Gasteiger charge is -2.09. The van der Waals surface area contributed by atoms with Gasteiger partial charge in [0.05, 0.1) is 12.4 Å². The number of hydrogen-bond donors (Lipinski definition) is 1. The van der Waals surface area contributed by atoms with Crippen molar-refractivity contribution in [1.29, 1.82) is 0 Å². The molecule has 8 heteroatoms. The standard InChI is InChI=1S/C17H14ClN5O2/c1-2-11-6-12(25-13-8-19-10-20-9-13)7-14(21-11)17(24)23-16-5-3-4-15(18)22-16/h3-10H,2H2,1H3,(H,22,23,24). The Kier molecular flexibility index (Phi) is 5.15. The average Bonchev–Trinajstić information content (AvgIpc) is 2.62. The minimum absolute atomic E-state index is 0.216. The number of aromatic nitrogens is 4. The van der Waals surface area contributed by atoms with Gasteiger partial charge in [-0.05, 0) is 18.6 Å². The molecule has 0 unspecified atom stereocenters. The topological polar surface area (TPSA) is 89.9 Å². The molecule has 3 rings (SSSR count). The molecule has 0 saturated heterocycles. The molecule has 3 aromatic heterocycles. The molecule has 7 nitrogen and oxygen atoms in total. The summed E-state index contributed by atoms with van der Waals surface area (Å²) < 4.78 is 5.70. The first-order valence-electron chi connectivity index (χ1n) is 7.52. The van der Waals surface area contributed by atoms with E-state index >= 15 is 0 Å². The van der Waals surface area contributed by atoms with Crippen LogP contribution >= 0.6 is 11.6 Å². The summed E-state index contributed by atoms with van der Waals surface area (Å²) in [5, 5.41) is 2.96. The molecule has 0 aromatic carbocycles. The van der Waals surface area contributed by atoms with Crippen LogP contribution in [0.5, 0.6) is 11.5 Å². The molecule has 0 aliphatic rings. The monoisotopic (exact) mass is 355 g/mol. The lowest BCUT2D eigenvalue weighted by Crippen LogP contribution is -2.15. The van der Waals surface area contributed by atoms with E-state index in [2.05, 4.69) is 25.3 Å². The normalized spacial score (nSPS) is 10.3. The molecule has 0 aliphatic heterocycles. The molecule has 1 amide bonds. The highest BCUT2D eigenvalue weighted by Crippen LogP contribution is 2.22. The lowest BCUT2D eigenvalue weighted by molar-refractivity contribution is 0.102. The van der Waals surface area contributed by atoms with Gasteiger partial charge < -0.3 is 10.1 Å². The third-order valence-electron chi connectivity index (χ3n) is 3.18. The molecule has 25 heavy (non-hydrogen) atoms. The predicted molar refractivity (Wildman–Crippen MR) is 92.9 cm³/mol. The molecule has 126 valence electrons. The predicted octanol–water partition coefficient (Wildman–Crippen LogP) is 3.53. The fraction of sp³-hybridized carbons (Fsp3) is 0.118. The van der Waals surface area contributed by atoms with Crippen molar-refractivity contribution >= 4 is 23.3 Å². The maximum absolute atomic E-state index is 12.5. The van der Waals surface area contributed by atoms with Crippen LogP contribution in [0.15, 0.2) is 49.1 Å². The zero-order valence-electron chi connectivity index (χ0n) is 13.3. The quantitative estimate of drug-likeness (QED) is 0.704. The SMILES string of the molecule is CCc1cc(Oc2cncnc2)cc(C(=O)Nc2cccc(Cl)n2)n1. The molecule has 0 bridgehead atoms. The van der Waals surface area contributed by atoms with Gasteiger partial charge in [0, 0.05) is 17.8 Å². The summed E-state index contributed by atoms with van der Waals surface area (Å²) in [7, 11) is 0. The van der Waals surface area contributed by atoms with Crippen molar-refractivity contribution in [1.82, 2.24) is 19.9 Å². The first-order chi connectivity index (χ1) is 12.1. The second kappa shape index (κ2) is 7.67. The number of nitrogens with zero attached hydrogens (tertiary/aromatic N) is 4. The van der Waals surface area contributed by atoms with Crippen LogP contribution in [0, 0.1) is 0 Å². The number of rotatable bonds is 5. The van der Waals surface area contributed by atoms with Crippen LogP contribution in [0.3, 0.4) is 0 Å². The number of carbonyl (C=O) groups excluding carboxylic acids is 1. The third kappa shape index (κ3) is 4.48. The van der Waals surface area contributed by atoms with Crippen LogP contribution in [0.25, 0.3) is 0 Å². The fourth-order valence-electron chi connectivity index (χ4n) is 2.05. The van der Waals surface area contributed by atoms with Crippen molar-refractivity contribution in [2.24, 2.45) is 0 Å². The van der Waals surface area contributed by atoms with Gasteiger partial charge in [-0.15, -0.1) is 0 Å². The van der Waals surface area contributed by atoms with Crippen molar-refractivity contribution in [3.05, 3.63) is 65.6 Å². The Bertz CT molecular complexity index is 889. The van der Waals surface area contributed by atoms with Gasteiger partial charge in [0.15, 0.2) is 5.75 Å². The van der Waals surface area contributed by atoms with Crippen molar-refractivity contribution in [2.75, 3.05) is 5.32 Å². The van der Waals surface area contributed by atoms with E-state index in [1.165, 1.54) is 18.7 Å². The van der Waals surface area contributed by atoms with Crippen molar-refractivity contribution in [3.8, 4) is 11.5 Å². The van der Waals surface area contributed by atoms with Gasteiger partial charge in [0.2, 0.25) is 0 Å². The summed E-state index contributed by atoms with van der Waals surface area (Å²) in [5.74, 6) is 0.892. The Morgan fingerprint density at radius 3 is 2.68 bits per heavy atom. The largest absolute Gasteiger partial charge is 0.454 e. The van der Waals surface area contributed by atoms with E-state index in [4.69, 9.17) is 16.3 Å². The summed E-state index contributed by atoms with van der Waals surface area (Å²) in [6.07, 6.45) is 5.13. The fourth-order valence-corrected chi connectivity index (χ4v) is 2.21. The van der Waals surface area contributed by atoms with E-state index in [1.807, 2.05) is 6.92 Å². The van der Waals surface area contributed by atoms with E-state index in [1.54, 1.807) is 30.3 Å². The van der Waals surface area contributed by atoms with Gasteiger partial charge in [0.1, 0.15) is 28.7 Å². The number of hydrogen-bond acceptors (Lipinski definition) is 6. The highest BCUT2D eigenvalue weighted by Gasteiger charge is 2.13. The van der Waals surface area contributed by atoms with Gasteiger partial charge in [-0.2, -0.15) is 0 Å². The number of amides is 1. The number of carbonyl (C=O) groups is 1. The number of halogens is 1.